The highest BCUT2D eigenvalue weighted by molar-refractivity contribution is 7.09. The van der Waals surface area contributed by atoms with E-state index in [1.165, 1.54) is 6.07 Å². The molecule has 2 aromatic carbocycles. The van der Waals surface area contributed by atoms with Crippen LogP contribution in [0.4, 0.5) is 4.39 Å². The van der Waals surface area contributed by atoms with E-state index in [4.69, 9.17) is 0 Å². The van der Waals surface area contributed by atoms with Gasteiger partial charge in [-0.3, -0.25) is 0 Å². The SMILES string of the molecule is Cc1nc(-c2cccc(-c3ccccc3F)c2)cs1. The van der Waals surface area contributed by atoms with Crippen LogP contribution in [0.15, 0.2) is 53.9 Å². The maximum atomic E-state index is 13.8. The molecule has 0 aliphatic carbocycles. The van der Waals surface area contributed by atoms with Crippen LogP contribution < -0.4 is 0 Å². The molecule has 0 saturated carbocycles. The molecular weight excluding hydrogens is 257 g/mol. The van der Waals surface area contributed by atoms with E-state index in [0.717, 1.165) is 21.8 Å². The molecule has 0 spiro atoms. The summed E-state index contributed by atoms with van der Waals surface area (Å²) in [6.45, 7) is 1.98. The van der Waals surface area contributed by atoms with Gasteiger partial charge >= 0.3 is 0 Å². The quantitative estimate of drug-likeness (QED) is 0.643. The summed E-state index contributed by atoms with van der Waals surface area (Å²) in [6, 6.07) is 14.7. The lowest BCUT2D eigenvalue weighted by Gasteiger charge is -2.05. The standard InChI is InChI=1S/C16H12FNS/c1-11-18-16(10-19-11)13-6-4-5-12(9-13)14-7-2-3-8-15(14)17/h2-10H,1H3. The van der Waals surface area contributed by atoms with Crippen molar-refractivity contribution in [3.05, 3.63) is 64.7 Å². The Morgan fingerprint density at radius 2 is 1.79 bits per heavy atom. The lowest BCUT2D eigenvalue weighted by Crippen LogP contribution is -1.85. The third-order valence-corrected chi connectivity index (χ3v) is 3.74. The smallest absolute Gasteiger partial charge is 0.131 e. The molecule has 1 aromatic heterocycles. The molecule has 0 amide bonds. The summed E-state index contributed by atoms with van der Waals surface area (Å²) in [7, 11) is 0. The average molecular weight is 269 g/mol. The first-order chi connectivity index (χ1) is 9.24. The molecule has 0 unspecified atom stereocenters. The highest BCUT2D eigenvalue weighted by atomic mass is 32.1. The van der Waals surface area contributed by atoms with E-state index in [1.807, 2.05) is 42.6 Å². The van der Waals surface area contributed by atoms with Gasteiger partial charge in [0.05, 0.1) is 10.7 Å². The number of thiazole rings is 1. The van der Waals surface area contributed by atoms with E-state index < -0.39 is 0 Å². The summed E-state index contributed by atoms with van der Waals surface area (Å²) in [5.41, 5.74) is 3.46. The zero-order chi connectivity index (χ0) is 13.2. The van der Waals surface area contributed by atoms with E-state index in [2.05, 4.69) is 4.98 Å². The van der Waals surface area contributed by atoms with Crippen LogP contribution in [0.25, 0.3) is 22.4 Å². The molecule has 0 fully saturated rings. The molecule has 3 heteroatoms. The number of rotatable bonds is 2. The molecule has 19 heavy (non-hydrogen) atoms. The Kier molecular flexibility index (Phi) is 3.13. The number of halogens is 1. The first-order valence-electron chi connectivity index (χ1n) is 6.01. The molecule has 0 saturated heterocycles. The average Bonchev–Trinajstić information content (AvgIpc) is 2.86. The van der Waals surface area contributed by atoms with Gasteiger partial charge in [0.15, 0.2) is 0 Å². The fraction of sp³-hybridized carbons (Fsp3) is 0.0625. The number of benzene rings is 2. The van der Waals surface area contributed by atoms with Gasteiger partial charge in [-0.15, -0.1) is 11.3 Å². The topological polar surface area (TPSA) is 12.9 Å². The van der Waals surface area contributed by atoms with Crippen molar-refractivity contribution in [2.75, 3.05) is 0 Å². The van der Waals surface area contributed by atoms with Crippen LogP contribution in [-0.4, -0.2) is 4.98 Å². The van der Waals surface area contributed by atoms with E-state index in [0.29, 0.717) is 5.56 Å². The van der Waals surface area contributed by atoms with Gasteiger partial charge in [0.2, 0.25) is 0 Å². The Morgan fingerprint density at radius 3 is 2.53 bits per heavy atom. The molecule has 0 aliphatic rings. The summed E-state index contributed by atoms with van der Waals surface area (Å²) >= 11 is 1.62. The molecule has 0 atom stereocenters. The lowest BCUT2D eigenvalue weighted by atomic mass is 10.0. The zero-order valence-electron chi connectivity index (χ0n) is 10.4. The predicted octanol–water partition coefficient (Wildman–Crippen LogP) is 4.92. The van der Waals surface area contributed by atoms with Gasteiger partial charge < -0.3 is 0 Å². The first-order valence-corrected chi connectivity index (χ1v) is 6.89. The zero-order valence-corrected chi connectivity index (χ0v) is 11.2. The molecule has 0 N–H and O–H groups in total. The van der Waals surface area contributed by atoms with E-state index in [1.54, 1.807) is 23.5 Å². The van der Waals surface area contributed by atoms with Gasteiger partial charge in [-0.1, -0.05) is 36.4 Å². The van der Waals surface area contributed by atoms with Crippen LogP contribution >= 0.6 is 11.3 Å². The maximum Gasteiger partial charge on any atom is 0.131 e. The van der Waals surface area contributed by atoms with Crippen molar-refractivity contribution in [1.29, 1.82) is 0 Å². The van der Waals surface area contributed by atoms with Crippen LogP contribution in [0.5, 0.6) is 0 Å². The van der Waals surface area contributed by atoms with Crippen molar-refractivity contribution < 1.29 is 4.39 Å². The second-order valence-corrected chi connectivity index (χ2v) is 5.37. The predicted molar refractivity (Wildman–Crippen MR) is 77.7 cm³/mol. The molecule has 1 nitrogen and oxygen atoms in total. The molecule has 0 bridgehead atoms. The van der Waals surface area contributed by atoms with Crippen molar-refractivity contribution in [2.45, 2.75) is 6.92 Å². The molecule has 3 rings (SSSR count). The second kappa shape index (κ2) is 4.94. The van der Waals surface area contributed by atoms with Crippen LogP contribution in [0.2, 0.25) is 0 Å². The number of hydrogen-bond acceptors (Lipinski definition) is 2. The summed E-state index contributed by atoms with van der Waals surface area (Å²) in [5.74, 6) is -0.200. The molecule has 0 radical (unpaired) electrons. The van der Waals surface area contributed by atoms with E-state index >= 15 is 0 Å². The van der Waals surface area contributed by atoms with Gasteiger partial charge in [-0.25, -0.2) is 9.37 Å². The minimum atomic E-state index is -0.200. The lowest BCUT2D eigenvalue weighted by molar-refractivity contribution is 0.631. The summed E-state index contributed by atoms with van der Waals surface area (Å²) in [6.07, 6.45) is 0. The van der Waals surface area contributed by atoms with Gasteiger partial charge in [0, 0.05) is 16.5 Å². The molecule has 94 valence electrons. The summed E-state index contributed by atoms with van der Waals surface area (Å²) in [4.78, 5) is 4.46. The fourth-order valence-corrected chi connectivity index (χ4v) is 2.66. The summed E-state index contributed by atoms with van der Waals surface area (Å²) < 4.78 is 13.8. The van der Waals surface area contributed by atoms with E-state index in [-0.39, 0.29) is 5.82 Å². The fourth-order valence-electron chi connectivity index (χ4n) is 2.04. The van der Waals surface area contributed by atoms with Crippen LogP contribution in [0, 0.1) is 12.7 Å². The van der Waals surface area contributed by atoms with Crippen molar-refractivity contribution in [2.24, 2.45) is 0 Å². The molecular formula is C16H12FNS. The second-order valence-electron chi connectivity index (χ2n) is 4.31. The van der Waals surface area contributed by atoms with Crippen molar-refractivity contribution >= 4 is 11.3 Å². The first kappa shape index (κ1) is 12.1. The minimum Gasteiger partial charge on any atom is -0.242 e. The third-order valence-electron chi connectivity index (χ3n) is 2.96. The monoisotopic (exact) mass is 269 g/mol. The van der Waals surface area contributed by atoms with Gasteiger partial charge in [-0.2, -0.15) is 0 Å². The Hall–Kier alpha value is -2.00. The van der Waals surface area contributed by atoms with Crippen molar-refractivity contribution in [3.63, 3.8) is 0 Å². The Balaban J connectivity index is 2.08. The normalized spacial score (nSPS) is 10.6. The van der Waals surface area contributed by atoms with Crippen molar-refractivity contribution in [3.8, 4) is 22.4 Å². The number of hydrogen-bond donors (Lipinski definition) is 0. The Bertz CT molecular complexity index is 718. The van der Waals surface area contributed by atoms with E-state index in [9.17, 15) is 4.39 Å². The number of aryl methyl sites for hydroxylation is 1. The van der Waals surface area contributed by atoms with Crippen LogP contribution in [0.3, 0.4) is 0 Å². The van der Waals surface area contributed by atoms with Gasteiger partial charge in [-0.05, 0) is 24.6 Å². The molecule has 1 heterocycles. The van der Waals surface area contributed by atoms with Crippen molar-refractivity contribution in [1.82, 2.24) is 4.98 Å². The number of nitrogens with zero attached hydrogens (tertiary/aromatic N) is 1. The van der Waals surface area contributed by atoms with Crippen LogP contribution in [0.1, 0.15) is 5.01 Å². The Morgan fingerprint density at radius 1 is 1.00 bits per heavy atom. The number of aromatic nitrogens is 1. The Labute approximate surface area is 115 Å². The van der Waals surface area contributed by atoms with Crippen LogP contribution in [-0.2, 0) is 0 Å². The highest BCUT2D eigenvalue weighted by Crippen LogP contribution is 2.28. The van der Waals surface area contributed by atoms with Gasteiger partial charge in [0.1, 0.15) is 5.82 Å². The third kappa shape index (κ3) is 2.42. The van der Waals surface area contributed by atoms with Gasteiger partial charge in [0.25, 0.3) is 0 Å². The molecule has 3 aromatic rings. The largest absolute Gasteiger partial charge is 0.242 e. The summed E-state index contributed by atoms with van der Waals surface area (Å²) in [5, 5.41) is 3.06. The molecule has 0 aliphatic heterocycles. The maximum absolute atomic E-state index is 13.8. The highest BCUT2D eigenvalue weighted by Gasteiger charge is 2.07. The minimum absolute atomic E-state index is 0.200.